The summed E-state index contributed by atoms with van der Waals surface area (Å²) in [5.74, 6) is 0. The summed E-state index contributed by atoms with van der Waals surface area (Å²) in [5, 5.41) is 3.66. The van der Waals surface area contributed by atoms with Gasteiger partial charge in [0.1, 0.15) is 0 Å². The molecule has 0 aromatic heterocycles. The van der Waals surface area contributed by atoms with E-state index in [0.717, 1.165) is 0 Å². The lowest BCUT2D eigenvalue weighted by atomic mass is 10.0. The molecule has 0 saturated heterocycles. The fourth-order valence-electron chi connectivity index (χ4n) is 2.32. The van der Waals surface area contributed by atoms with Crippen molar-refractivity contribution >= 4 is 11.8 Å². The number of thioether (sulfide) groups is 1. The average Bonchev–Trinajstić information content (AvgIpc) is 2.48. The monoisotopic (exact) mass is 285 g/mol. The highest BCUT2D eigenvalue weighted by Crippen LogP contribution is 2.22. The number of benzene rings is 2. The van der Waals surface area contributed by atoms with Crippen molar-refractivity contribution in [1.29, 1.82) is 0 Å². The minimum atomic E-state index is 0.349. The van der Waals surface area contributed by atoms with E-state index in [1.807, 2.05) is 0 Å². The van der Waals surface area contributed by atoms with E-state index >= 15 is 0 Å². The smallest absolute Gasteiger partial charge is 0.0297 e. The molecule has 0 heterocycles. The molecule has 0 aliphatic carbocycles. The van der Waals surface area contributed by atoms with Crippen molar-refractivity contribution in [3.05, 3.63) is 65.2 Å². The molecule has 0 saturated carbocycles. The van der Waals surface area contributed by atoms with E-state index in [1.165, 1.54) is 21.6 Å². The van der Waals surface area contributed by atoms with Gasteiger partial charge in [-0.1, -0.05) is 42.0 Å². The predicted molar refractivity (Wildman–Crippen MR) is 89.4 cm³/mol. The molecule has 1 nitrogen and oxygen atoms in total. The number of hydrogen-bond donors (Lipinski definition) is 1. The van der Waals surface area contributed by atoms with E-state index in [4.69, 9.17) is 0 Å². The molecule has 0 spiro atoms. The van der Waals surface area contributed by atoms with Crippen molar-refractivity contribution in [3.63, 3.8) is 0 Å². The third-order valence-corrected chi connectivity index (χ3v) is 4.44. The SMILES string of the molecule is CSc1ccc(C(C)NC(C)c2ccc(C)cc2)cc1. The molecule has 0 radical (unpaired) electrons. The van der Waals surface area contributed by atoms with Gasteiger partial charge in [-0.3, -0.25) is 0 Å². The zero-order chi connectivity index (χ0) is 14.5. The second-order valence-electron chi connectivity index (χ2n) is 5.29. The van der Waals surface area contributed by atoms with Crippen LogP contribution in [0.4, 0.5) is 0 Å². The Bertz CT molecular complexity index is 530. The predicted octanol–water partition coefficient (Wildman–Crippen LogP) is 5.13. The molecule has 0 aliphatic heterocycles. The Labute approximate surface area is 126 Å². The van der Waals surface area contributed by atoms with E-state index in [9.17, 15) is 0 Å². The summed E-state index contributed by atoms with van der Waals surface area (Å²) in [6.45, 7) is 6.56. The Morgan fingerprint density at radius 2 is 1.25 bits per heavy atom. The summed E-state index contributed by atoms with van der Waals surface area (Å²) in [6.07, 6.45) is 2.11. The van der Waals surface area contributed by atoms with Gasteiger partial charge in [0.25, 0.3) is 0 Å². The third kappa shape index (κ3) is 3.87. The Kier molecular flexibility index (Phi) is 5.27. The summed E-state index contributed by atoms with van der Waals surface area (Å²) in [7, 11) is 0. The van der Waals surface area contributed by atoms with Crippen molar-refractivity contribution in [2.75, 3.05) is 6.26 Å². The molecular weight excluding hydrogens is 262 g/mol. The van der Waals surface area contributed by atoms with Crippen LogP contribution in [-0.2, 0) is 0 Å². The largest absolute Gasteiger partial charge is 0.304 e. The van der Waals surface area contributed by atoms with E-state index in [-0.39, 0.29) is 0 Å². The first kappa shape index (κ1) is 15.1. The van der Waals surface area contributed by atoms with Crippen LogP contribution in [0.25, 0.3) is 0 Å². The summed E-state index contributed by atoms with van der Waals surface area (Å²) in [4.78, 5) is 1.31. The summed E-state index contributed by atoms with van der Waals surface area (Å²) in [6, 6.07) is 18.3. The lowest BCUT2D eigenvalue weighted by Gasteiger charge is -2.21. The summed E-state index contributed by atoms with van der Waals surface area (Å²) in [5.41, 5.74) is 3.98. The van der Waals surface area contributed by atoms with Crippen LogP contribution >= 0.6 is 11.8 Å². The molecule has 0 fully saturated rings. The number of hydrogen-bond acceptors (Lipinski definition) is 2. The van der Waals surface area contributed by atoms with Gasteiger partial charge < -0.3 is 5.32 Å². The molecule has 2 unspecified atom stereocenters. The van der Waals surface area contributed by atoms with Gasteiger partial charge in [0.05, 0.1) is 0 Å². The quantitative estimate of drug-likeness (QED) is 0.764. The Morgan fingerprint density at radius 3 is 1.70 bits per heavy atom. The van der Waals surface area contributed by atoms with Crippen molar-refractivity contribution < 1.29 is 0 Å². The molecule has 2 aromatic rings. The van der Waals surface area contributed by atoms with Gasteiger partial charge in [-0.05, 0) is 50.3 Å². The van der Waals surface area contributed by atoms with Crippen molar-refractivity contribution in [1.82, 2.24) is 5.32 Å². The van der Waals surface area contributed by atoms with E-state index in [1.54, 1.807) is 11.8 Å². The lowest BCUT2D eigenvalue weighted by Crippen LogP contribution is -2.22. The summed E-state index contributed by atoms with van der Waals surface area (Å²) < 4.78 is 0. The second-order valence-corrected chi connectivity index (χ2v) is 6.17. The lowest BCUT2D eigenvalue weighted by molar-refractivity contribution is 0.494. The van der Waals surface area contributed by atoms with E-state index < -0.39 is 0 Å². The second kappa shape index (κ2) is 6.96. The summed E-state index contributed by atoms with van der Waals surface area (Å²) >= 11 is 1.78. The maximum Gasteiger partial charge on any atom is 0.0297 e. The minimum Gasteiger partial charge on any atom is -0.304 e. The normalized spacial score (nSPS) is 14.0. The Morgan fingerprint density at radius 1 is 0.800 bits per heavy atom. The molecule has 2 rings (SSSR count). The fourth-order valence-corrected chi connectivity index (χ4v) is 2.72. The first-order chi connectivity index (χ1) is 9.60. The molecular formula is C18H23NS. The van der Waals surface area contributed by atoms with Gasteiger partial charge in [0.15, 0.2) is 0 Å². The van der Waals surface area contributed by atoms with E-state index in [2.05, 4.69) is 80.9 Å². The van der Waals surface area contributed by atoms with Crippen LogP contribution in [0, 0.1) is 6.92 Å². The maximum absolute atomic E-state index is 3.66. The van der Waals surface area contributed by atoms with E-state index in [0.29, 0.717) is 12.1 Å². The van der Waals surface area contributed by atoms with Crippen LogP contribution in [0.1, 0.15) is 42.6 Å². The van der Waals surface area contributed by atoms with Gasteiger partial charge in [0, 0.05) is 17.0 Å². The van der Waals surface area contributed by atoms with Crippen molar-refractivity contribution in [2.45, 2.75) is 37.8 Å². The van der Waals surface area contributed by atoms with Crippen molar-refractivity contribution in [3.8, 4) is 0 Å². The topological polar surface area (TPSA) is 12.0 Å². The minimum absolute atomic E-state index is 0.349. The molecule has 0 bridgehead atoms. The maximum atomic E-state index is 3.66. The Balaban J connectivity index is 2.02. The van der Waals surface area contributed by atoms with Crippen LogP contribution in [0.3, 0.4) is 0 Å². The highest BCUT2D eigenvalue weighted by Gasteiger charge is 2.10. The molecule has 2 heteroatoms. The molecule has 106 valence electrons. The number of rotatable bonds is 5. The fraction of sp³-hybridized carbons (Fsp3) is 0.333. The van der Waals surface area contributed by atoms with Crippen LogP contribution in [0.2, 0.25) is 0 Å². The van der Waals surface area contributed by atoms with Gasteiger partial charge in [0.2, 0.25) is 0 Å². The van der Waals surface area contributed by atoms with Gasteiger partial charge in [-0.15, -0.1) is 11.8 Å². The molecule has 0 amide bonds. The number of nitrogens with one attached hydrogen (secondary N) is 1. The van der Waals surface area contributed by atoms with Crippen LogP contribution in [0.15, 0.2) is 53.4 Å². The third-order valence-electron chi connectivity index (χ3n) is 3.69. The molecule has 2 aromatic carbocycles. The van der Waals surface area contributed by atoms with Crippen LogP contribution < -0.4 is 5.32 Å². The van der Waals surface area contributed by atoms with Gasteiger partial charge in [-0.2, -0.15) is 0 Å². The van der Waals surface area contributed by atoms with Gasteiger partial charge >= 0.3 is 0 Å². The molecule has 0 aliphatic rings. The highest BCUT2D eigenvalue weighted by atomic mass is 32.2. The first-order valence-electron chi connectivity index (χ1n) is 7.06. The highest BCUT2D eigenvalue weighted by molar-refractivity contribution is 7.98. The van der Waals surface area contributed by atoms with Crippen molar-refractivity contribution in [2.24, 2.45) is 0 Å². The average molecular weight is 285 g/mol. The molecule has 2 atom stereocenters. The Hall–Kier alpha value is -1.25. The van der Waals surface area contributed by atoms with Crippen LogP contribution in [-0.4, -0.2) is 6.26 Å². The zero-order valence-electron chi connectivity index (χ0n) is 12.7. The van der Waals surface area contributed by atoms with Crippen LogP contribution in [0.5, 0.6) is 0 Å². The molecule has 20 heavy (non-hydrogen) atoms. The zero-order valence-corrected chi connectivity index (χ0v) is 13.5. The van der Waals surface area contributed by atoms with Gasteiger partial charge in [-0.25, -0.2) is 0 Å². The standard InChI is InChI=1S/C18H23NS/c1-13-5-7-16(8-6-13)14(2)19-15(3)17-9-11-18(20-4)12-10-17/h5-12,14-15,19H,1-4H3. The number of aryl methyl sites for hydroxylation is 1. The molecule has 1 N–H and O–H groups in total. The first-order valence-corrected chi connectivity index (χ1v) is 8.29.